The van der Waals surface area contributed by atoms with E-state index in [1.807, 2.05) is 91.2 Å². The maximum Gasteiger partial charge on any atom is 0.408 e. The van der Waals surface area contributed by atoms with Crippen molar-refractivity contribution in [3.63, 3.8) is 0 Å². The maximum absolute atomic E-state index is 14.6. The first-order valence-electron chi connectivity index (χ1n) is 24.0. The Labute approximate surface area is 393 Å². The number of benzene rings is 2. The van der Waals surface area contributed by atoms with Gasteiger partial charge in [0.2, 0.25) is 17.7 Å². The van der Waals surface area contributed by atoms with E-state index in [-0.39, 0.29) is 60.4 Å². The fraction of sp³-hybridized carbons (Fsp3) is 0.635. The Morgan fingerprint density at radius 2 is 1.20 bits per heavy atom. The van der Waals surface area contributed by atoms with Crippen LogP contribution in [0.1, 0.15) is 131 Å². The van der Waals surface area contributed by atoms with E-state index in [0.29, 0.717) is 64.8 Å². The number of ketones is 2. The molecule has 14 nitrogen and oxygen atoms in total. The third kappa shape index (κ3) is 17.8. The van der Waals surface area contributed by atoms with Crippen LogP contribution in [0.25, 0.3) is 0 Å². The Morgan fingerprint density at radius 1 is 0.667 bits per heavy atom. The van der Waals surface area contributed by atoms with Gasteiger partial charge in [0.05, 0.1) is 12.1 Å². The zero-order valence-electron chi connectivity index (χ0n) is 41.0. The number of unbranched alkanes of at least 4 members (excludes halogenated alkanes) is 1. The monoisotopic (exact) mass is 916 g/mol. The van der Waals surface area contributed by atoms with Gasteiger partial charge in [0.1, 0.15) is 11.2 Å². The summed E-state index contributed by atoms with van der Waals surface area (Å²) >= 11 is 0. The van der Waals surface area contributed by atoms with E-state index in [9.17, 15) is 33.6 Å². The highest BCUT2D eigenvalue weighted by Crippen LogP contribution is 2.40. The molecule has 2 aromatic carbocycles. The third-order valence-corrected chi connectivity index (χ3v) is 12.2. The SMILES string of the molecule is CCC(=O)N1CCC2(CCN(C(=O)[C@@H](CCCCNC(=O)OC(C)(C)C)CC(=O)[C@@H](CC(C)C)NC(=O)[C@H](CC(=O)[C@@H](Cc3ccccc3)NC(=O)OC(C)(C)C)Cc3ccccc3)C2)C1. The molecule has 0 saturated carbocycles. The maximum atomic E-state index is 14.6. The van der Waals surface area contributed by atoms with E-state index in [1.165, 1.54) is 0 Å². The summed E-state index contributed by atoms with van der Waals surface area (Å²) in [6.07, 6.45) is 2.69. The van der Waals surface area contributed by atoms with Gasteiger partial charge in [-0.15, -0.1) is 0 Å². The molecule has 2 fully saturated rings. The Morgan fingerprint density at radius 3 is 1.77 bits per heavy atom. The molecule has 14 heteroatoms. The van der Waals surface area contributed by atoms with Gasteiger partial charge in [0, 0.05) is 69.2 Å². The number of hydrogen-bond donors (Lipinski definition) is 3. The smallest absolute Gasteiger partial charge is 0.408 e. The second-order valence-electron chi connectivity index (χ2n) is 20.9. The summed E-state index contributed by atoms with van der Waals surface area (Å²) < 4.78 is 10.9. The number of ether oxygens (including phenoxy) is 2. The molecule has 1 spiro atoms. The number of amides is 5. The standard InChI is InChI=1S/C52H77N5O9/c1-10-45(60)56-27-24-52(34-56)25-28-57(35-52)47(62)39(23-17-18-26-53-48(63)65-50(4,5)6)32-43(58)41(29-36(2)3)54-46(61)40(30-37-19-13-11-14-20-37)33-44(59)42(31-38-21-15-12-16-22-38)55-49(64)66-51(7,8)9/h11-16,19-22,36,39-42H,10,17-18,23-35H2,1-9H3,(H,53,63)(H,54,61)(H,55,64)/t39-,40-,41+,42+,52?/m0/s1. The van der Waals surface area contributed by atoms with Crippen LogP contribution >= 0.6 is 0 Å². The van der Waals surface area contributed by atoms with Crippen molar-refractivity contribution in [2.75, 3.05) is 32.7 Å². The first-order valence-corrected chi connectivity index (χ1v) is 24.0. The van der Waals surface area contributed by atoms with Gasteiger partial charge < -0.3 is 35.2 Å². The highest BCUT2D eigenvalue weighted by Gasteiger charge is 2.47. The molecule has 66 heavy (non-hydrogen) atoms. The summed E-state index contributed by atoms with van der Waals surface area (Å²) in [5.41, 5.74) is 0.0386. The summed E-state index contributed by atoms with van der Waals surface area (Å²) in [6.45, 7) is 19.0. The van der Waals surface area contributed by atoms with Crippen LogP contribution in [0.15, 0.2) is 60.7 Å². The van der Waals surface area contributed by atoms with Crippen LogP contribution in [-0.4, -0.2) is 107 Å². The average molecular weight is 916 g/mol. The van der Waals surface area contributed by atoms with Crippen molar-refractivity contribution in [2.45, 2.75) is 156 Å². The lowest BCUT2D eigenvalue weighted by molar-refractivity contribution is -0.138. The number of alkyl carbamates (subject to hydrolysis) is 2. The molecule has 4 rings (SSSR count). The minimum absolute atomic E-state index is 0.00407. The highest BCUT2D eigenvalue weighted by atomic mass is 16.6. The minimum atomic E-state index is -0.989. The van der Waals surface area contributed by atoms with Gasteiger partial charge in [0.25, 0.3) is 0 Å². The molecule has 2 heterocycles. The van der Waals surface area contributed by atoms with Crippen LogP contribution in [0, 0.1) is 23.2 Å². The van der Waals surface area contributed by atoms with Crippen molar-refractivity contribution in [1.82, 2.24) is 25.8 Å². The van der Waals surface area contributed by atoms with Crippen molar-refractivity contribution in [3.8, 4) is 0 Å². The number of carbonyl (C=O) groups excluding carboxylic acids is 7. The second kappa shape index (κ2) is 24.5. The van der Waals surface area contributed by atoms with E-state index >= 15 is 0 Å². The summed E-state index contributed by atoms with van der Waals surface area (Å²) in [6, 6.07) is 16.7. The van der Waals surface area contributed by atoms with E-state index < -0.39 is 53.2 Å². The summed E-state index contributed by atoms with van der Waals surface area (Å²) in [5.74, 6) is -2.65. The number of nitrogens with one attached hydrogen (secondary N) is 3. The number of nitrogens with zero attached hydrogens (tertiary/aromatic N) is 2. The number of hydrogen-bond acceptors (Lipinski definition) is 9. The predicted octanol–water partition coefficient (Wildman–Crippen LogP) is 7.60. The minimum Gasteiger partial charge on any atom is -0.444 e. The van der Waals surface area contributed by atoms with Gasteiger partial charge >= 0.3 is 12.2 Å². The normalized spacial score (nSPS) is 18.0. The van der Waals surface area contributed by atoms with Crippen molar-refractivity contribution < 1.29 is 43.0 Å². The lowest BCUT2D eigenvalue weighted by atomic mass is 9.86. The molecule has 2 aliphatic rings. The fourth-order valence-electron chi connectivity index (χ4n) is 8.92. The summed E-state index contributed by atoms with van der Waals surface area (Å²) in [7, 11) is 0. The van der Waals surface area contributed by atoms with Crippen LogP contribution in [0.5, 0.6) is 0 Å². The van der Waals surface area contributed by atoms with Gasteiger partial charge in [-0.05, 0) is 104 Å². The van der Waals surface area contributed by atoms with Gasteiger partial charge in [-0.2, -0.15) is 0 Å². The molecular weight excluding hydrogens is 839 g/mol. The van der Waals surface area contributed by atoms with Crippen LogP contribution in [-0.2, 0) is 46.3 Å². The van der Waals surface area contributed by atoms with Crippen molar-refractivity contribution in [3.05, 3.63) is 71.8 Å². The number of carbonyl (C=O) groups is 7. The predicted molar refractivity (Wildman–Crippen MR) is 254 cm³/mol. The van der Waals surface area contributed by atoms with Crippen LogP contribution in [0.2, 0.25) is 0 Å². The summed E-state index contributed by atoms with van der Waals surface area (Å²) in [5, 5.41) is 8.57. The molecule has 5 amide bonds. The number of rotatable bonds is 22. The molecule has 5 atom stereocenters. The van der Waals surface area contributed by atoms with E-state index in [2.05, 4.69) is 16.0 Å². The van der Waals surface area contributed by atoms with Crippen molar-refractivity contribution >= 4 is 41.5 Å². The van der Waals surface area contributed by atoms with E-state index in [1.54, 1.807) is 41.5 Å². The summed E-state index contributed by atoms with van der Waals surface area (Å²) in [4.78, 5) is 99.6. The van der Waals surface area contributed by atoms with E-state index in [0.717, 1.165) is 24.0 Å². The first kappa shape index (κ1) is 53.3. The van der Waals surface area contributed by atoms with Crippen molar-refractivity contribution in [2.24, 2.45) is 23.2 Å². The largest absolute Gasteiger partial charge is 0.444 e. The Kier molecular flexibility index (Phi) is 19.8. The molecule has 0 bridgehead atoms. The fourth-order valence-corrected chi connectivity index (χ4v) is 8.92. The Balaban J connectivity index is 1.55. The molecule has 0 aliphatic carbocycles. The Hall–Kier alpha value is -5.27. The highest BCUT2D eigenvalue weighted by molar-refractivity contribution is 5.95. The van der Waals surface area contributed by atoms with Gasteiger partial charge in [-0.3, -0.25) is 24.0 Å². The van der Waals surface area contributed by atoms with Gasteiger partial charge in [0.15, 0.2) is 11.6 Å². The Bertz CT molecular complexity index is 1940. The van der Waals surface area contributed by atoms with Crippen LogP contribution in [0.3, 0.4) is 0 Å². The molecule has 0 aromatic heterocycles. The molecule has 2 saturated heterocycles. The third-order valence-electron chi connectivity index (χ3n) is 12.2. The first-order chi connectivity index (χ1) is 31.0. The average Bonchev–Trinajstić information content (AvgIpc) is 3.86. The second-order valence-corrected chi connectivity index (χ2v) is 20.9. The molecule has 2 aliphatic heterocycles. The van der Waals surface area contributed by atoms with Gasteiger partial charge in [-0.25, -0.2) is 9.59 Å². The topological polar surface area (TPSA) is 181 Å². The number of Topliss-reactive ketones (excluding diaryl/α,β-unsaturated/α-hetero) is 2. The molecule has 3 N–H and O–H groups in total. The quantitative estimate of drug-likeness (QED) is 0.100. The van der Waals surface area contributed by atoms with Crippen LogP contribution < -0.4 is 16.0 Å². The molecule has 1 unspecified atom stereocenters. The zero-order valence-corrected chi connectivity index (χ0v) is 41.0. The molecule has 364 valence electrons. The lowest BCUT2D eigenvalue weighted by Gasteiger charge is -2.29. The van der Waals surface area contributed by atoms with Crippen molar-refractivity contribution in [1.29, 1.82) is 0 Å². The van der Waals surface area contributed by atoms with Crippen LogP contribution in [0.4, 0.5) is 9.59 Å². The molecule has 0 radical (unpaired) electrons. The lowest BCUT2D eigenvalue weighted by Crippen LogP contribution is -2.48. The zero-order chi connectivity index (χ0) is 48.7. The molecular formula is C52H77N5O9. The number of likely N-dealkylation sites (tertiary alicyclic amines) is 2. The van der Waals surface area contributed by atoms with Gasteiger partial charge in [-0.1, -0.05) is 87.9 Å². The van der Waals surface area contributed by atoms with E-state index in [4.69, 9.17) is 9.47 Å². The molecule has 2 aromatic rings.